The third-order valence-corrected chi connectivity index (χ3v) is 5.00. The summed E-state index contributed by atoms with van der Waals surface area (Å²) in [6.45, 7) is -0.580. The Morgan fingerprint density at radius 1 is 1.00 bits per heavy atom. The van der Waals surface area contributed by atoms with Crippen molar-refractivity contribution in [2.45, 2.75) is 30.7 Å². The van der Waals surface area contributed by atoms with Crippen molar-refractivity contribution in [1.29, 1.82) is 0 Å². The molecule has 1 fully saturated rings. The Kier molecular flexibility index (Phi) is 5.54. The van der Waals surface area contributed by atoms with E-state index in [1.54, 1.807) is 0 Å². The van der Waals surface area contributed by atoms with Gasteiger partial charge in [0.05, 0.1) is 17.6 Å². The van der Waals surface area contributed by atoms with Gasteiger partial charge in [0.25, 0.3) is 0 Å². The number of aliphatic hydroxyl groups is 4. The zero-order valence-electron chi connectivity index (χ0n) is 15.5. The number of halogens is 1. The van der Waals surface area contributed by atoms with Crippen molar-refractivity contribution < 1.29 is 38.7 Å². The summed E-state index contributed by atoms with van der Waals surface area (Å²) in [5, 5.41) is 39.3. The molecule has 0 bridgehead atoms. The lowest BCUT2D eigenvalue weighted by atomic mass is 9.99. The van der Waals surface area contributed by atoms with Crippen LogP contribution in [-0.4, -0.2) is 57.7 Å². The van der Waals surface area contributed by atoms with Crippen molar-refractivity contribution in [3.63, 3.8) is 0 Å². The second kappa shape index (κ2) is 8.13. The van der Waals surface area contributed by atoms with Gasteiger partial charge in [0.2, 0.25) is 6.29 Å². The van der Waals surface area contributed by atoms with Gasteiger partial charge in [-0.1, -0.05) is 12.1 Å². The molecule has 3 aromatic rings. The summed E-state index contributed by atoms with van der Waals surface area (Å²) in [5.74, 6) is -0.247. The topological polar surface area (TPSA) is 130 Å². The zero-order chi connectivity index (χ0) is 21.4. The van der Waals surface area contributed by atoms with Crippen molar-refractivity contribution in [3.8, 4) is 16.9 Å². The van der Waals surface area contributed by atoms with Crippen LogP contribution in [0.1, 0.15) is 0 Å². The van der Waals surface area contributed by atoms with Gasteiger partial charge in [-0.05, 0) is 29.8 Å². The quantitative estimate of drug-likeness (QED) is 0.489. The number of hydrogen-bond donors (Lipinski definition) is 4. The molecule has 2 heterocycles. The average Bonchev–Trinajstić information content (AvgIpc) is 2.75. The SMILES string of the molecule is O=c1c(-c2ccc(F)cc2)coc2cc(O[C@@H]3O[C@H](CO)[C@H](O)[C@H](O)[C@H]3O)ccc12. The molecule has 30 heavy (non-hydrogen) atoms. The van der Waals surface area contributed by atoms with E-state index in [9.17, 15) is 29.6 Å². The summed E-state index contributed by atoms with van der Waals surface area (Å²) < 4.78 is 29.5. The van der Waals surface area contributed by atoms with Crippen molar-refractivity contribution in [2.24, 2.45) is 0 Å². The van der Waals surface area contributed by atoms with Gasteiger partial charge >= 0.3 is 0 Å². The standard InChI is InChI=1S/C21H19FO8/c22-11-3-1-10(2-4-11)14-9-28-15-7-12(5-6-13(15)17(14)24)29-21-20(27)19(26)18(25)16(8-23)30-21/h1-7,9,16,18-21,23,25-27H,8H2/t16-,18+,19+,20-,21-/m1/s1. The summed E-state index contributed by atoms with van der Waals surface area (Å²) in [4.78, 5) is 12.8. The van der Waals surface area contributed by atoms with Crippen LogP contribution in [0.4, 0.5) is 4.39 Å². The first-order chi connectivity index (χ1) is 14.4. The zero-order valence-corrected chi connectivity index (χ0v) is 15.5. The fourth-order valence-corrected chi connectivity index (χ4v) is 3.31. The van der Waals surface area contributed by atoms with Crippen LogP contribution in [0.15, 0.2) is 57.9 Å². The van der Waals surface area contributed by atoms with E-state index in [0.717, 1.165) is 0 Å². The third-order valence-electron chi connectivity index (χ3n) is 5.00. The number of ether oxygens (including phenoxy) is 2. The van der Waals surface area contributed by atoms with E-state index in [1.165, 1.54) is 48.7 Å². The molecule has 1 aromatic heterocycles. The number of hydrogen-bond acceptors (Lipinski definition) is 8. The lowest BCUT2D eigenvalue weighted by Gasteiger charge is -2.39. The van der Waals surface area contributed by atoms with Crippen molar-refractivity contribution in [1.82, 2.24) is 0 Å². The molecular formula is C21H19FO8. The first-order valence-corrected chi connectivity index (χ1v) is 9.17. The summed E-state index contributed by atoms with van der Waals surface area (Å²) in [6, 6.07) is 9.77. The Hall–Kier alpha value is -2.82. The number of benzene rings is 2. The van der Waals surface area contributed by atoms with E-state index >= 15 is 0 Å². The highest BCUT2D eigenvalue weighted by atomic mass is 19.1. The van der Waals surface area contributed by atoms with E-state index in [1.807, 2.05) is 0 Å². The molecule has 0 saturated carbocycles. The maximum Gasteiger partial charge on any atom is 0.229 e. The molecule has 2 aromatic carbocycles. The largest absolute Gasteiger partial charge is 0.463 e. The molecule has 9 heteroatoms. The van der Waals surface area contributed by atoms with Crippen LogP contribution in [0.3, 0.4) is 0 Å². The number of fused-ring (bicyclic) bond motifs is 1. The predicted molar refractivity (Wildman–Crippen MR) is 102 cm³/mol. The Balaban J connectivity index is 1.62. The van der Waals surface area contributed by atoms with Crippen LogP contribution in [-0.2, 0) is 4.74 Å². The van der Waals surface area contributed by atoms with E-state index in [4.69, 9.17) is 13.9 Å². The molecule has 4 N–H and O–H groups in total. The fraction of sp³-hybridized carbons (Fsp3) is 0.286. The Labute approximate surface area is 169 Å². The van der Waals surface area contributed by atoms with Gasteiger partial charge in [0, 0.05) is 6.07 Å². The maximum absolute atomic E-state index is 13.1. The molecule has 1 saturated heterocycles. The predicted octanol–water partition coefficient (Wildman–Crippen LogP) is 0.778. The molecule has 1 aliphatic rings. The first kappa shape index (κ1) is 20.5. The molecule has 0 unspecified atom stereocenters. The van der Waals surface area contributed by atoms with E-state index in [0.29, 0.717) is 5.56 Å². The van der Waals surface area contributed by atoms with E-state index in [2.05, 4.69) is 0 Å². The highest BCUT2D eigenvalue weighted by molar-refractivity contribution is 5.82. The second-order valence-corrected chi connectivity index (χ2v) is 6.96. The fourth-order valence-electron chi connectivity index (χ4n) is 3.31. The van der Waals surface area contributed by atoms with Crippen LogP contribution in [0.25, 0.3) is 22.1 Å². The summed E-state index contributed by atoms with van der Waals surface area (Å²) in [6.07, 6.45) is -5.84. The smallest absolute Gasteiger partial charge is 0.229 e. The Morgan fingerprint density at radius 2 is 1.73 bits per heavy atom. The second-order valence-electron chi connectivity index (χ2n) is 6.96. The molecule has 4 rings (SSSR count). The number of aliphatic hydroxyl groups excluding tert-OH is 4. The van der Waals surface area contributed by atoms with Crippen LogP contribution >= 0.6 is 0 Å². The van der Waals surface area contributed by atoms with Crippen molar-refractivity contribution in [3.05, 3.63) is 64.8 Å². The third kappa shape index (κ3) is 3.69. The average molecular weight is 418 g/mol. The van der Waals surface area contributed by atoms with Gasteiger partial charge < -0.3 is 34.3 Å². The van der Waals surface area contributed by atoms with Gasteiger partial charge in [-0.25, -0.2) is 4.39 Å². The van der Waals surface area contributed by atoms with E-state index in [-0.39, 0.29) is 27.7 Å². The molecular weight excluding hydrogens is 399 g/mol. The molecule has 8 nitrogen and oxygen atoms in total. The monoisotopic (exact) mass is 418 g/mol. The molecule has 5 atom stereocenters. The first-order valence-electron chi connectivity index (χ1n) is 9.17. The molecule has 0 spiro atoms. The number of rotatable bonds is 4. The van der Waals surface area contributed by atoms with Crippen molar-refractivity contribution in [2.75, 3.05) is 6.61 Å². The highest BCUT2D eigenvalue weighted by Gasteiger charge is 2.44. The Bertz CT molecular complexity index is 1090. The van der Waals surface area contributed by atoms with Crippen LogP contribution in [0.5, 0.6) is 5.75 Å². The molecule has 0 radical (unpaired) electrons. The van der Waals surface area contributed by atoms with Crippen molar-refractivity contribution >= 4 is 11.0 Å². The van der Waals surface area contributed by atoms with Gasteiger partial charge in [-0.2, -0.15) is 0 Å². The molecule has 158 valence electrons. The van der Waals surface area contributed by atoms with Gasteiger partial charge in [-0.15, -0.1) is 0 Å². The lowest BCUT2D eigenvalue weighted by Crippen LogP contribution is -2.60. The van der Waals surface area contributed by atoms with Crippen LogP contribution in [0, 0.1) is 5.82 Å². The lowest BCUT2D eigenvalue weighted by molar-refractivity contribution is -0.277. The normalized spacial score (nSPS) is 26.6. The van der Waals surface area contributed by atoms with E-state index < -0.39 is 43.1 Å². The van der Waals surface area contributed by atoms with Gasteiger partial charge in [0.15, 0.2) is 5.43 Å². The molecule has 1 aliphatic heterocycles. The molecule has 0 aliphatic carbocycles. The minimum absolute atomic E-state index is 0.171. The summed E-state index contributed by atoms with van der Waals surface area (Å²) >= 11 is 0. The van der Waals surface area contributed by atoms with Gasteiger partial charge in [-0.3, -0.25) is 4.79 Å². The minimum Gasteiger partial charge on any atom is -0.463 e. The summed E-state index contributed by atoms with van der Waals surface area (Å²) in [5.41, 5.74) is 0.661. The molecule has 0 amide bonds. The van der Waals surface area contributed by atoms with Crippen LogP contribution in [0.2, 0.25) is 0 Å². The van der Waals surface area contributed by atoms with Gasteiger partial charge in [0.1, 0.15) is 47.8 Å². The Morgan fingerprint density at radius 3 is 2.43 bits per heavy atom. The summed E-state index contributed by atoms with van der Waals surface area (Å²) in [7, 11) is 0. The maximum atomic E-state index is 13.1. The minimum atomic E-state index is -1.57. The highest BCUT2D eigenvalue weighted by Crippen LogP contribution is 2.27. The van der Waals surface area contributed by atoms with Crippen LogP contribution < -0.4 is 10.2 Å².